The molecule has 0 saturated heterocycles. The number of nitrogens with two attached hydrogens (primary N) is 1. The SMILES string of the molecule is CCCN(Cc1cc(F)ccc1C)c1cccc(N)c1. The van der Waals surface area contributed by atoms with Crippen LogP contribution in [0.15, 0.2) is 42.5 Å². The molecule has 0 heterocycles. The highest BCUT2D eigenvalue weighted by Crippen LogP contribution is 2.22. The van der Waals surface area contributed by atoms with Gasteiger partial charge in [0.15, 0.2) is 0 Å². The second kappa shape index (κ2) is 6.42. The predicted molar refractivity (Wildman–Crippen MR) is 83.3 cm³/mol. The van der Waals surface area contributed by atoms with Crippen molar-refractivity contribution in [3.8, 4) is 0 Å². The van der Waals surface area contributed by atoms with Crippen molar-refractivity contribution in [2.75, 3.05) is 17.2 Å². The first-order valence-corrected chi connectivity index (χ1v) is 6.95. The molecule has 2 aromatic carbocycles. The summed E-state index contributed by atoms with van der Waals surface area (Å²) in [5.74, 6) is -0.186. The van der Waals surface area contributed by atoms with Gasteiger partial charge in [0.1, 0.15) is 5.82 Å². The molecule has 2 rings (SSSR count). The third-order valence-corrected chi connectivity index (χ3v) is 3.40. The Morgan fingerprint density at radius 1 is 1.15 bits per heavy atom. The van der Waals surface area contributed by atoms with E-state index >= 15 is 0 Å². The van der Waals surface area contributed by atoms with Crippen LogP contribution in [0, 0.1) is 12.7 Å². The van der Waals surface area contributed by atoms with Gasteiger partial charge in [-0.1, -0.05) is 19.1 Å². The summed E-state index contributed by atoms with van der Waals surface area (Å²) in [4.78, 5) is 2.23. The summed E-state index contributed by atoms with van der Waals surface area (Å²) < 4.78 is 13.4. The zero-order valence-electron chi connectivity index (χ0n) is 12.1. The Balaban J connectivity index is 2.27. The number of nitrogens with zero attached hydrogens (tertiary/aromatic N) is 1. The fourth-order valence-electron chi connectivity index (χ4n) is 2.31. The lowest BCUT2D eigenvalue weighted by atomic mass is 10.1. The Morgan fingerprint density at radius 2 is 1.95 bits per heavy atom. The molecule has 0 bridgehead atoms. The molecule has 0 unspecified atom stereocenters. The normalized spacial score (nSPS) is 10.6. The Kier molecular flexibility index (Phi) is 4.61. The van der Waals surface area contributed by atoms with Crippen LogP contribution in [0.4, 0.5) is 15.8 Å². The summed E-state index contributed by atoms with van der Waals surface area (Å²) >= 11 is 0. The zero-order valence-corrected chi connectivity index (χ0v) is 12.1. The minimum atomic E-state index is -0.186. The van der Waals surface area contributed by atoms with Crippen molar-refractivity contribution in [1.82, 2.24) is 0 Å². The highest BCUT2D eigenvalue weighted by molar-refractivity contribution is 5.56. The first kappa shape index (κ1) is 14.4. The number of halogens is 1. The first-order valence-electron chi connectivity index (χ1n) is 6.95. The van der Waals surface area contributed by atoms with Crippen molar-refractivity contribution in [1.29, 1.82) is 0 Å². The van der Waals surface area contributed by atoms with Crippen molar-refractivity contribution in [3.05, 3.63) is 59.4 Å². The average Bonchev–Trinajstić information content (AvgIpc) is 2.42. The van der Waals surface area contributed by atoms with E-state index in [2.05, 4.69) is 11.8 Å². The fraction of sp³-hybridized carbons (Fsp3) is 0.294. The van der Waals surface area contributed by atoms with Gasteiger partial charge in [-0.25, -0.2) is 4.39 Å². The van der Waals surface area contributed by atoms with Crippen LogP contribution in [-0.2, 0) is 6.54 Å². The molecule has 0 aliphatic heterocycles. The average molecular weight is 272 g/mol. The van der Waals surface area contributed by atoms with Gasteiger partial charge in [-0.05, 0) is 54.8 Å². The third-order valence-electron chi connectivity index (χ3n) is 3.40. The van der Waals surface area contributed by atoms with Crippen LogP contribution in [0.1, 0.15) is 24.5 Å². The van der Waals surface area contributed by atoms with Crippen LogP contribution in [-0.4, -0.2) is 6.54 Å². The summed E-state index contributed by atoms with van der Waals surface area (Å²) in [6, 6.07) is 12.8. The quantitative estimate of drug-likeness (QED) is 0.829. The van der Waals surface area contributed by atoms with Crippen LogP contribution in [0.3, 0.4) is 0 Å². The highest BCUT2D eigenvalue weighted by Gasteiger charge is 2.09. The standard InChI is InChI=1S/C17H21FN2/c1-3-9-20(17-6-4-5-16(19)11-17)12-14-10-15(18)8-7-13(14)2/h4-8,10-11H,3,9,12,19H2,1-2H3. The van der Waals surface area contributed by atoms with Gasteiger partial charge in [-0.2, -0.15) is 0 Å². The number of hydrogen-bond acceptors (Lipinski definition) is 2. The molecule has 0 aliphatic carbocycles. The number of rotatable bonds is 5. The van der Waals surface area contributed by atoms with Crippen LogP contribution in [0.25, 0.3) is 0 Å². The molecule has 0 saturated carbocycles. The topological polar surface area (TPSA) is 29.3 Å². The number of nitrogen functional groups attached to an aromatic ring is 1. The molecule has 0 spiro atoms. The van der Waals surface area contributed by atoms with Crippen LogP contribution in [0.2, 0.25) is 0 Å². The van der Waals surface area contributed by atoms with Crippen LogP contribution < -0.4 is 10.6 Å². The lowest BCUT2D eigenvalue weighted by Gasteiger charge is -2.25. The van der Waals surface area contributed by atoms with Gasteiger partial charge in [-0.15, -0.1) is 0 Å². The maximum absolute atomic E-state index is 13.4. The number of aryl methyl sites for hydroxylation is 1. The molecular formula is C17H21FN2. The molecule has 20 heavy (non-hydrogen) atoms. The summed E-state index contributed by atoms with van der Waals surface area (Å²) in [6.07, 6.45) is 1.03. The van der Waals surface area contributed by atoms with Gasteiger partial charge < -0.3 is 10.6 Å². The summed E-state index contributed by atoms with van der Waals surface area (Å²) in [5, 5.41) is 0. The molecule has 3 heteroatoms. The number of anilines is 2. The third kappa shape index (κ3) is 3.50. The second-order valence-electron chi connectivity index (χ2n) is 5.09. The van der Waals surface area contributed by atoms with E-state index in [1.165, 1.54) is 6.07 Å². The smallest absolute Gasteiger partial charge is 0.123 e. The van der Waals surface area contributed by atoms with Crippen molar-refractivity contribution < 1.29 is 4.39 Å². The summed E-state index contributed by atoms with van der Waals surface area (Å²) in [7, 11) is 0. The first-order chi connectivity index (χ1) is 9.60. The molecule has 106 valence electrons. The Hall–Kier alpha value is -2.03. The zero-order chi connectivity index (χ0) is 14.5. The van der Waals surface area contributed by atoms with Crippen molar-refractivity contribution in [3.63, 3.8) is 0 Å². The Morgan fingerprint density at radius 3 is 2.65 bits per heavy atom. The Labute approximate surface area is 120 Å². The van der Waals surface area contributed by atoms with Gasteiger partial charge in [0.05, 0.1) is 0 Å². The molecule has 2 N–H and O–H groups in total. The van der Waals surface area contributed by atoms with E-state index in [1.807, 2.05) is 37.3 Å². The van der Waals surface area contributed by atoms with Crippen LogP contribution in [0.5, 0.6) is 0 Å². The van der Waals surface area contributed by atoms with E-state index in [0.717, 1.165) is 35.5 Å². The summed E-state index contributed by atoms with van der Waals surface area (Å²) in [6.45, 7) is 5.76. The number of benzene rings is 2. The maximum Gasteiger partial charge on any atom is 0.123 e. The molecule has 2 aromatic rings. The second-order valence-corrected chi connectivity index (χ2v) is 5.09. The van der Waals surface area contributed by atoms with Gasteiger partial charge in [0.2, 0.25) is 0 Å². The van der Waals surface area contributed by atoms with Gasteiger partial charge in [0.25, 0.3) is 0 Å². The number of hydrogen-bond donors (Lipinski definition) is 1. The molecule has 0 radical (unpaired) electrons. The minimum Gasteiger partial charge on any atom is -0.399 e. The maximum atomic E-state index is 13.4. The lowest BCUT2D eigenvalue weighted by Crippen LogP contribution is -2.24. The molecule has 0 amide bonds. The van der Waals surface area contributed by atoms with Gasteiger partial charge in [-0.3, -0.25) is 0 Å². The van der Waals surface area contributed by atoms with Crippen molar-refractivity contribution in [2.45, 2.75) is 26.8 Å². The highest BCUT2D eigenvalue weighted by atomic mass is 19.1. The molecule has 0 fully saturated rings. The van der Waals surface area contributed by atoms with Gasteiger partial charge >= 0.3 is 0 Å². The van der Waals surface area contributed by atoms with E-state index in [0.29, 0.717) is 6.54 Å². The van der Waals surface area contributed by atoms with E-state index < -0.39 is 0 Å². The van der Waals surface area contributed by atoms with Crippen molar-refractivity contribution in [2.24, 2.45) is 0 Å². The fourth-order valence-corrected chi connectivity index (χ4v) is 2.31. The Bertz CT molecular complexity index is 581. The largest absolute Gasteiger partial charge is 0.399 e. The molecule has 0 aromatic heterocycles. The van der Waals surface area contributed by atoms with Crippen LogP contribution >= 0.6 is 0 Å². The van der Waals surface area contributed by atoms with E-state index in [1.54, 1.807) is 6.07 Å². The molecule has 0 atom stereocenters. The minimum absolute atomic E-state index is 0.186. The predicted octanol–water partition coefficient (Wildman–Crippen LogP) is 4.13. The summed E-state index contributed by atoms with van der Waals surface area (Å²) in [5.41, 5.74) is 9.80. The lowest BCUT2D eigenvalue weighted by molar-refractivity contribution is 0.623. The van der Waals surface area contributed by atoms with Gasteiger partial charge in [0, 0.05) is 24.5 Å². The molecule has 0 aliphatic rings. The molecule has 2 nitrogen and oxygen atoms in total. The van der Waals surface area contributed by atoms with E-state index in [-0.39, 0.29) is 5.82 Å². The molecular weight excluding hydrogens is 251 g/mol. The van der Waals surface area contributed by atoms with E-state index in [9.17, 15) is 4.39 Å². The van der Waals surface area contributed by atoms with Crippen molar-refractivity contribution >= 4 is 11.4 Å². The van der Waals surface area contributed by atoms with E-state index in [4.69, 9.17) is 5.73 Å². The monoisotopic (exact) mass is 272 g/mol.